The summed E-state index contributed by atoms with van der Waals surface area (Å²) in [5.41, 5.74) is 4.28. The van der Waals surface area contributed by atoms with Crippen molar-refractivity contribution in [2.75, 3.05) is 0 Å². The number of benzene rings is 1. The molecule has 4 heteroatoms. The molecule has 2 atom stereocenters. The van der Waals surface area contributed by atoms with Gasteiger partial charge in [-0.05, 0) is 82.1 Å². The van der Waals surface area contributed by atoms with Gasteiger partial charge in [0.05, 0.1) is 16.7 Å². The topological polar surface area (TPSA) is 52.3 Å². The molecule has 4 fully saturated rings. The van der Waals surface area contributed by atoms with E-state index in [2.05, 4.69) is 36.3 Å². The molecule has 0 unspecified atom stereocenters. The van der Waals surface area contributed by atoms with Crippen LogP contribution in [0.1, 0.15) is 66.7 Å². The average molecular weight is 380 g/mol. The molecule has 0 aliphatic heterocycles. The maximum absolute atomic E-state index is 13.4. The maximum atomic E-state index is 13.4. The monoisotopic (exact) mass is 379 g/mol. The summed E-state index contributed by atoms with van der Waals surface area (Å²) in [5, 5.41) is 3.98. The number of aryl methyl sites for hydroxylation is 3. The van der Waals surface area contributed by atoms with Gasteiger partial charge in [0.2, 0.25) is 0 Å². The third-order valence-corrected chi connectivity index (χ3v) is 7.69. The van der Waals surface area contributed by atoms with Crippen LogP contribution in [0.15, 0.2) is 28.8 Å². The lowest BCUT2D eigenvalue weighted by Gasteiger charge is -2.61. The van der Waals surface area contributed by atoms with Crippen molar-refractivity contribution in [1.82, 2.24) is 5.16 Å². The van der Waals surface area contributed by atoms with Gasteiger partial charge in [0.15, 0.2) is 0 Å². The first-order valence-electron chi connectivity index (χ1n) is 10.6. The molecule has 2 aromatic rings. The second-order valence-electron chi connectivity index (χ2n) is 9.77. The lowest BCUT2D eigenvalue weighted by molar-refractivity contribution is -0.175. The van der Waals surface area contributed by atoms with Crippen molar-refractivity contribution in [3.8, 4) is 0 Å². The number of rotatable bonds is 4. The molecule has 0 spiro atoms. The van der Waals surface area contributed by atoms with Crippen LogP contribution in [-0.2, 0) is 21.6 Å². The van der Waals surface area contributed by atoms with Gasteiger partial charge >= 0.3 is 5.97 Å². The Morgan fingerprint density at radius 2 is 1.79 bits per heavy atom. The molecular formula is C24H29NO3. The Bertz CT molecular complexity index is 877. The van der Waals surface area contributed by atoms with Crippen LogP contribution in [0, 0.1) is 38.0 Å². The van der Waals surface area contributed by atoms with Gasteiger partial charge in [-0.25, -0.2) is 0 Å². The van der Waals surface area contributed by atoms with Crippen molar-refractivity contribution >= 4 is 5.97 Å². The molecule has 1 aromatic heterocycles. The van der Waals surface area contributed by atoms with Crippen molar-refractivity contribution in [1.29, 1.82) is 0 Å². The van der Waals surface area contributed by atoms with Gasteiger partial charge in [-0.15, -0.1) is 0 Å². The fraction of sp³-hybridized carbons (Fsp3) is 0.583. The lowest BCUT2D eigenvalue weighted by Crippen LogP contribution is -2.57. The Labute approximate surface area is 166 Å². The highest BCUT2D eigenvalue weighted by Crippen LogP contribution is 2.66. The molecule has 4 aliphatic rings. The van der Waals surface area contributed by atoms with E-state index in [1.807, 2.05) is 13.8 Å². The number of aromatic nitrogens is 1. The Kier molecular flexibility index (Phi) is 3.98. The quantitative estimate of drug-likeness (QED) is 0.687. The van der Waals surface area contributed by atoms with Crippen LogP contribution in [0.25, 0.3) is 0 Å². The standard InChI is InChI=1S/C24H29NO3/c1-15-4-6-20(7-5-15)23-9-18-8-19(10-23)12-24(11-18,14-23)22(26)27-13-21-16(2)25-28-17(21)3/h4-7,18-19H,8-14H2,1-3H3/t18-,19-,23?,24?/m1/s1. The number of hydrogen-bond acceptors (Lipinski definition) is 4. The van der Waals surface area contributed by atoms with E-state index in [4.69, 9.17) is 9.26 Å². The van der Waals surface area contributed by atoms with E-state index in [9.17, 15) is 4.79 Å². The molecule has 1 aromatic carbocycles. The van der Waals surface area contributed by atoms with E-state index < -0.39 is 0 Å². The number of nitrogens with zero attached hydrogens (tertiary/aromatic N) is 1. The molecular weight excluding hydrogens is 350 g/mol. The van der Waals surface area contributed by atoms with Crippen molar-refractivity contribution in [3.05, 3.63) is 52.4 Å². The first kappa shape index (κ1) is 18.0. The van der Waals surface area contributed by atoms with Crippen LogP contribution in [0.5, 0.6) is 0 Å². The number of hydrogen-bond donors (Lipinski definition) is 0. The first-order chi connectivity index (χ1) is 13.4. The van der Waals surface area contributed by atoms with E-state index in [-0.39, 0.29) is 23.4 Å². The van der Waals surface area contributed by atoms with E-state index >= 15 is 0 Å². The second kappa shape index (κ2) is 6.20. The molecule has 0 saturated heterocycles. The third-order valence-electron chi connectivity index (χ3n) is 7.69. The zero-order valence-electron chi connectivity index (χ0n) is 17.1. The summed E-state index contributed by atoms with van der Waals surface area (Å²) in [6.45, 7) is 6.18. The second-order valence-corrected chi connectivity index (χ2v) is 9.77. The number of carbonyl (C=O) groups excluding carboxylic acids is 1. The molecule has 4 nitrogen and oxygen atoms in total. The first-order valence-corrected chi connectivity index (χ1v) is 10.6. The maximum Gasteiger partial charge on any atom is 0.312 e. The van der Waals surface area contributed by atoms with Gasteiger partial charge in [-0.1, -0.05) is 35.0 Å². The van der Waals surface area contributed by atoms with E-state index in [1.54, 1.807) is 0 Å². The average Bonchev–Trinajstić information content (AvgIpc) is 2.97. The summed E-state index contributed by atoms with van der Waals surface area (Å²) in [6.07, 6.45) is 6.68. The Morgan fingerprint density at radius 1 is 1.11 bits per heavy atom. The third kappa shape index (κ3) is 2.72. The zero-order valence-corrected chi connectivity index (χ0v) is 17.1. The number of esters is 1. The van der Waals surface area contributed by atoms with Crippen molar-refractivity contribution in [3.63, 3.8) is 0 Å². The van der Waals surface area contributed by atoms with Crippen LogP contribution in [0.4, 0.5) is 0 Å². The highest BCUT2D eigenvalue weighted by atomic mass is 16.5. The minimum Gasteiger partial charge on any atom is -0.460 e. The van der Waals surface area contributed by atoms with Gasteiger partial charge in [0.1, 0.15) is 12.4 Å². The van der Waals surface area contributed by atoms with Crippen LogP contribution >= 0.6 is 0 Å². The normalized spacial score (nSPS) is 33.2. The minimum absolute atomic E-state index is 0.00177. The smallest absolute Gasteiger partial charge is 0.312 e. The lowest BCUT2D eigenvalue weighted by atomic mass is 9.43. The van der Waals surface area contributed by atoms with E-state index in [1.165, 1.54) is 30.4 Å². The van der Waals surface area contributed by atoms with Crippen LogP contribution < -0.4 is 0 Å². The van der Waals surface area contributed by atoms with Gasteiger partial charge in [0.25, 0.3) is 0 Å². The summed E-state index contributed by atoms with van der Waals surface area (Å²) >= 11 is 0. The number of ether oxygens (including phenoxy) is 1. The highest BCUT2D eigenvalue weighted by Gasteiger charge is 2.61. The minimum atomic E-state index is -0.312. The van der Waals surface area contributed by atoms with Crippen molar-refractivity contribution in [2.45, 2.75) is 71.3 Å². The van der Waals surface area contributed by atoms with Crippen molar-refractivity contribution in [2.24, 2.45) is 17.3 Å². The Hall–Kier alpha value is -2.10. The van der Waals surface area contributed by atoms with Gasteiger partial charge in [-0.2, -0.15) is 0 Å². The molecule has 148 valence electrons. The Morgan fingerprint density at radius 3 is 2.39 bits per heavy atom. The largest absolute Gasteiger partial charge is 0.460 e. The molecule has 1 heterocycles. The van der Waals surface area contributed by atoms with E-state index in [0.717, 1.165) is 36.3 Å². The Balaban J connectivity index is 1.41. The van der Waals surface area contributed by atoms with E-state index in [0.29, 0.717) is 11.8 Å². The molecule has 0 amide bonds. The fourth-order valence-electron chi connectivity index (χ4n) is 6.74. The molecule has 4 saturated carbocycles. The van der Waals surface area contributed by atoms with Gasteiger partial charge in [-0.3, -0.25) is 4.79 Å². The fourth-order valence-corrected chi connectivity index (χ4v) is 6.74. The predicted octanol–water partition coefficient (Wildman–Crippen LogP) is 5.18. The van der Waals surface area contributed by atoms with Crippen LogP contribution in [-0.4, -0.2) is 11.1 Å². The summed E-state index contributed by atoms with van der Waals surface area (Å²) in [7, 11) is 0. The summed E-state index contributed by atoms with van der Waals surface area (Å²) in [6, 6.07) is 9.03. The van der Waals surface area contributed by atoms with Crippen molar-refractivity contribution < 1.29 is 14.1 Å². The molecule has 28 heavy (non-hydrogen) atoms. The summed E-state index contributed by atoms with van der Waals surface area (Å²) in [5.74, 6) is 2.04. The van der Waals surface area contributed by atoms with Crippen LogP contribution in [0.2, 0.25) is 0 Å². The molecule has 6 rings (SSSR count). The van der Waals surface area contributed by atoms with Gasteiger partial charge in [0, 0.05) is 0 Å². The molecule has 4 bridgehead atoms. The zero-order chi connectivity index (χ0) is 19.5. The summed E-state index contributed by atoms with van der Waals surface area (Å²) < 4.78 is 11.1. The summed E-state index contributed by atoms with van der Waals surface area (Å²) in [4.78, 5) is 13.4. The molecule has 0 radical (unpaired) electrons. The number of carbonyl (C=O) groups is 1. The molecule has 0 N–H and O–H groups in total. The highest BCUT2D eigenvalue weighted by molar-refractivity contribution is 5.78. The predicted molar refractivity (Wildman–Crippen MR) is 106 cm³/mol. The van der Waals surface area contributed by atoms with Crippen LogP contribution in [0.3, 0.4) is 0 Å². The van der Waals surface area contributed by atoms with Gasteiger partial charge < -0.3 is 9.26 Å². The SMILES string of the molecule is Cc1ccc(C23C[C@H]4C[C@@H](CC(C(=O)OCc5c(C)noc5C)(C4)C2)C3)cc1. The molecule has 4 aliphatic carbocycles.